The van der Waals surface area contributed by atoms with Gasteiger partial charge in [-0.2, -0.15) is 32.3 Å². The monoisotopic (exact) mass is 468 g/mol. The van der Waals surface area contributed by atoms with Crippen molar-refractivity contribution in [3.8, 4) is 0 Å². The number of hydrogen-bond acceptors (Lipinski definition) is 9. The summed E-state index contributed by atoms with van der Waals surface area (Å²) in [7, 11) is -5.14. The van der Waals surface area contributed by atoms with Gasteiger partial charge in [0.05, 0.1) is 18.3 Å². The van der Waals surface area contributed by atoms with Crippen molar-refractivity contribution in [1.29, 1.82) is 0 Å². The van der Waals surface area contributed by atoms with Crippen LogP contribution in [-0.2, 0) is 19.5 Å². The molecule has 1 aromatic heterocycles. The first-order valence-electron chi connectivity index (χ1n) is 7.32. The molecule has 3 heterocycles. The molecule has 0 aliphatic carbocycles. The van der Waals surface area contributed by atoms with E-state index in [4.69, 9.17) is 21.4 Å². The summed E-state index contributed by atoms with van der Waals surface area (Å²) in [5, 5.41) is 11.5. The SMILES string of the molecule is NC[C@@H]1c2nn(C(N)=O)cc2[C@H]2CN1C(=O)N2OS(=O)(=O)[O-].O=C(O)C(F)(F)F.[Na+]. The van der Waals surface area contributed by atoms with Gasteiger partial charge in [0.2, 0.25) is 10.4 Å². The minimum Gasteiger partial charge on any atom is -0.724 e. The molecule has 2 aliphatic heterocycles. The van der Waals surface area contributed by atoms with Crippen LogP contribution in [0.1, 0.15) is 23.3 Å². The number of alkyl halides is 3. The number of rotatable bonds is 3. The number of urea groups is 1. The van der Waals surface area contributed by atoms with Gasteiger partial charge in [0.25, 0.3) is 0 Å². The van der Waals surface area contributed by atoms with Crippen LogP contribution in [0.2, 0.25) is 0 Å². The van der Waals surface area contributed by atoms with E-state index in [-0.39, 0.29) is 42.6 Å². The average molecular weight is 468 g/mol. The van der Waals surface area contributed by atoms with Crippen LogP contribution in [0.4, 0.5) is 22.8 Å². The minimum absolute atomic E-state index is 0. The van der Waals surface area contributed by atoms with E-state index in [2.05, 4.69) is 9.38 Å². The number of aliphatic carboxylic acids is 1. The Bertz CT molecular complexity index is 953. The largest absolute Gasteiger partial charge is 1.00 e. The molecular weight excluding hydrogens is 456 g/mol. The van der Waals surface area contributed by atoms with Gasteiger partial charge in [-0.3, -0.25) is 0 Å². The Kier molecular flexibility index (Phi) is 7.86. The Labute approximate surface area is 187 Å². The molecule has 1 aromatic rings. The number of carboxylic acid groups (broad SMARTS) is 1. The standard InChI is InChI=1S/C9H12N6O6S.C2HF3O2.Na/c10-1-5-7-4(2-14(12-7)8(11)16)6-3-13(5)9(17)15(6)21-22(18,19)20;3-2(4,5)1(6)7;/h2,5-6H,1,3,10H2,(H2,11,16)(H,18,19,20);(H,6,7);/q;;+1/p-1/t5-,6-;;/m1../s1. The van der Waals surface area contributed by atoms with E-state index in [1.165, 1.54) is 11.1 Å². The van der Waals surface area contributed by atoms with Crippen LogP contribution in [0.25, 0.3) is 0 Å². The Morgan fingerprint density at radius 3 is 2.33 bits per heavy atom. The summed E-state index contributed by atoms with van der Waals surface area (Å²) in [6.45, 7) is 0.0346. The van der Waals surface area contributed by atoms with E-state index in [9.17, 15) is 35.7 Å². The third-order valence-electron chi connectivity index (χ3n) is 3.77. The van der Waals surface area contributed by atoms with Gasteiger partial charge in [-0.25, -0.2) is 22.8 Å². The van der Waals surface area contributed by atoms with Crippen LogP contribution < -0.4 is 41.0 Å². The van der Waals surface area contributed by atoms with Gasteiger partial charge in [0.15, 0.2) is 0 Å². The van der Waals surface area contributed by atoms with Crippen molar-refractivity contribution in [1.82, 2.24) is 19.7 Å². The summed E-state index contributed by atoms with van der Waals surface area (Å²) < 4.78 is 69.2. The number of carbonyl (C=O) groups is 3. The first-order chi connectivity index (χ1) is 13.2. The number of aromatic nitrogens is 2. The molecule has 0 spiro atoms. The minimum atomic E-state index is -5.14. The number of hydrogen-bond donors (Lipinski definition) is 3. The zero-order chi connectivity index (χ0) is 22.3. The number of nitrogens with zero attached hydrogens (tertiary/aromatic N) is 4. The molecular formula is C11H12F3N6NaO8S. The third kappa shape index (κ3) is 5.39. The summed E-state index contributed by atoms with van der Waals surface area (Å²) in [5.74, 6) is -2.76. The number of carbonyl (C=O) groups excluding carboxylic acids is 2. The van der Waals surface area contributed by atoms with E-state index in [0.717, 1.165) is 4.68 Å². The number of fused-ring (bicyclic) bond motifs is 4. The molecule has 162 valence electrons. The fraction of sp³-hybridized carbons (Fsp3) is 0.455. The van der Waals surface area contributed by atoms with Crippen LogP contribution in [0.15, 0.2) is 6.20 Å². The molecule has 2 atom stereocenters. The first kappa shape index (κ1) is 26.1. The summed E-state index contributed by atoms with van der Waals surface area (Å²) in [6, 6.07) is -3.25. The fourth-order valence-corrected chi connectivity index (χ4v) is 3.05. The second-order valence-electron chi connectivity index (χ2n) is 5.57. The van der Waals surface area contributed by atoms with Crippen molar-refractivity contribution in [2.45, 2.75) is 18.3 Å². The Morgan fingerprint density at radius 1 is 1.40 bits per heavy atom. The molecule has 0 aromatic carbocycles. The van der Waals surface area contributed by atoms with Crippen molar-refractivity contribution in [2.75, 3.05) is 13.1 Å². The number of primary amides is 1. The first-order valence-corrected chi connectivity index (χ1v) is 8.65. The second-order valence-corrected chi connectivity index (χ2v) is 6.53. The van der Waals surface area contributed by atoms with Crippen molar-refractivity contribution in [3.63, 3.8) is 0 Å². The van der Waals surface area contributed by atoms with Crippen LogP contribution in [-0.4, -0.2) is 75.1 Å². The maximum Gasteiger partial charge on any atom is 1.00 e. The zero-order valence-corrected chi connectivity index (χ0v) is 17.8. The van der Waals surface area contributed by atoms with Gasteiger partial charge in [0.1, 0.15) is 6.04 Å². The van der Waals surface area contributed by atoms with Gasteiger partial charge in [0, 0.05) is 18.3 Å². The fourth-order valence-electron chi connectivity index (χ4n) is 2.68. The molecule has 3 amide bonds. The predicted octanol–water partition coefficient (Wildman–Crippen LogP) is -4.37. The second kappa shape index (κ2) is 9.04. The number of hydroxylamine groups is 2. The molecule has 19 heteroatoms. The number of carboxylic acids is 1. The van der Waals surface area contributed by atoms with Gasteiger partial charge < -0.3 is 26.0 Å². The van der Waals surface area contributed by atoms with E-state index in [0.29, 0.717) is 16.3 Å². The van der Waals surface area contributed by atoms with E-state index in [1.54, 1.807) is 0 Å². The van der Waals surface area contributed by atoms with Gasteiger partial charge in [-0.05, 0) is 0 Å². The van der Waals surface area contributed by atoms with Gasteiger partial charge >= 0.3 is 53.8 Å². The topological polar surface area (TPSA) is 214 Å². The summed E-state index contributed by atoms with van der Waals surface area (Å²) >= 11 is 0. The third-order valence-corrected chi connectivity index (χ3v) is 4.12. The molecule has 2 aliphatic rings. The van der Waals surface area contributed by atoms with E-state index >= 15 is 0 Å². The number of nitrogens with two attached hydrogens (primary N) is 2. The van der Waals surface area contributed by atoms with Crippen LogP contribution in [0, 0.1) is 0 Å². The van der Waals surface area contributed by atoms with E-state index < -0.39 is 46.7 Å². The van der Waals surface area contributed by atoms with Crippen molar-refractivity contribution in [2.24, 2.45) is 11.5 Å². The maximum atomic E-state index is 12.2. The summed E-state index contributed by atoms with van der Waals surface area (Å²) in [6.07, 6.45) is -3.82. The summed E-state index contributed by atoms with van der Waals surface area (Å²) in [4.78, 5) is 33.5. The molecule has 0 radical (unpaired) electrons. The number of amides is 3. The zero-order valence-electron chi connectivity index (χ0n) is 14.9. The average Bonchev–Trinajstić information content (AvgIpc) is 3.11. The van der Waals surface area contributed by atoms with Crippen LogP contribution in [0.5, 0.6) is 0 Å². The van der Waals surface area contributed by atoms with Crippen LogP contribution in [0.3, 0.4) is 0 Å². The Hall–Kier alpha value is -1.96. The molecule has 1 saturated heterocycles. The van der Waals surface area contributed by atoms with Gasteiger partial charge in [-0.15, -0.1) is 0 Å². The molecule has 0 unspecified atom stereocenters. The Morgan fingerprint density at radius 2 is 1.93 bits per heavy atom. The normalized spacial score (nSPS) is 20.1. The molecule has 3 rings (SSSR count). The van der Waals surface area contributed by atoms with Crippen molar-refractivity contribution in [3.05, 3.63) is 17.5 Å². The molecule has 2 bridgehead atoms. The van der Waals surface area contributed by atoms with E-state index in [1.807, 2.05) is 0 Å². The Balaban J connectivity index is 0.000000489. The molecule has 0 saturated carbocycles. The van der Waals surface area contributed by atoms with Crippen LogP contribution >= 0.6 is 0 Å². The molecule has 5 N–H and O–H groups in total. The van der Waals surface area contributed by atoms with Crippen molar-refractivity contribution >= 4 is 28.4 Å². The molecule has 1 fully saturated rings. The predicted molar refractivity (Wildman–Crippen MR) is 80.2 cm³/mol. The van der Waals surface area contributed by atoms with Crippen molar-refractivity contribution < 1.29 is 79.5 Å². The quantitative estimate of drug-likeness (QED) is 0.220. The maximum absolute atomic E-state index is 12.2. The van der Waals surface area contributed by atoms with Gasteiger partial charge in [-0.1, -0.05) is 0 Å². The number of halogens is 3. The summed E-state index contributed by atoms with van der Waals surface area (Å²) in [5.41, 5.74) is 11.4. The molecule has 30 heavy (non-hydrogen) atoms. The smallest absolute Gasteiger partial charge is 0.724 e. The molecule has 14 nitrogen and oxygen atoms in total.